The fourth-order valence-electron chi connectivity index (χ4n) is 9.19. The Hall–Kier alpha value is -6.32. The summed E-state index contributed by atoms with van der Waals surface area (Å²) in [5.41, 5.74) is 14.7. The molecule has 0 aliphatic heterocycles. The van der Waals surface area contributed by atoms with Gasteiger partial charge in [-0.3, -0.25) is 0 Å². The molecule has 0 amide bonds. The molecule has 0 bridgehead atoms. The molecule has 0 radical (unpaired) electrons. The predicted molar refractivity (Wildman–Crippen MR) is 204 cm³/mol. The summed E-state index contributed by atoms with van der Waals surface area (Å²) in [7, 11) is 0. The third-order valence-electron chi connectivity index (χ3n) is 11.1. The number of aryl methyl sites for hydroxylation is 1. The molecule has 49 heavy (non-hydrogen) atoms. The molecule has 0 saturated carbocycles. The van der Waals surface area contributed by atoms with E-state index >= 15 is 0 Å². The minimum absolute atomic E-state index is 0.961. The number of fused-ring (bicyclic) bond motifs is 14. The lowest BCUT2D eigenvalue weighted by atomic mass is 9.97. The molecule has 3 nitrogen and oxygen atoms in total. The van der Waals surface area contributed by atoms with E-state index in [9.17, 15) is 0 Å². The molecular weight excluding hydrogens is 597 g/mol. The van der Waals surface area contributed by atoms with Crippen LogP contribution in [0.25, 0.3) is 105 Å². The minimum Gasteiger partial charge on any atom is -0.456 e. The van der Waals surface area contributed by atoms with Crippen molar-refractivity contribution in [1.82, 2.24) is 9.13 Å². The van der Waals surface area contributed by atoms with Crippen molar-refractivity contribution in [1.29, 1.82) is 0 Å². The first-order valence-electron chi connectivity index (χ1n) is 17.2. The Kier molecular flexibility index (Phi) is 4.82. The van der Waals surface area contributed by atoms with Crippen LogP contribution in [0, 0.1) is 0 Å². The van der Waals surface area contributed by atoms with Crippen LogP contribution in [0.1, 0.15) is 17.7 Å². The highest BCUT2D eigenvalue weighted by atomic mass is 16.3. The Balaban J connectivity index is 1.34. The van der Waals surface area contributed by atoms with Crippen molar-refractivity contribution in [3.63, 3.8) is 0 Å². The largest absolute Gasteiger partial charge is 0.456 e. The number of rotatable bonds is 2. The molecule has 2 aliphatic rings. The second-order valence-electron chi connectivity index (χ2n) is 13.5. The molecule has 2 aliphatic carbocycles. The average Bonchev–Trinajstić information content (AvgIpc) is 3.89. The zero-order chi connectivity index (χ0) is 31.8. The molecule has 0 unspecified atom stereocenters. The van der Waals surface area contributed by atoms with E-state index in [-0.39, 0.29) is 0 Å². The lowest BCUT2D eigenvalue weighted by molar-refractivity contribution is 0.595. The second-order valence-corrected chi connectivity index (χ2v) is 13.5. The van der Waals surface area contributed by atoms with Crippen molar-refractivity contribution in [2.75, 3.05) is 0 Å². The number of furan rings is 1. The van der Waals surface area contributed by atoms with Crippen molar-refractivity contribution in [3.05, 3.63) is 151 Å². The van der Waals surface area contributed by atoms with Gasteiger partial charge in [0.1, 0.15) is 11.3 Å². The number of benzene rings is 7. The van der Waals surface area contributed by atoms with E-state index in [0.29, 0.717) is 0 Å². The smallest absolute Gasteiger partial charge is 0.135 e. The van der Waals surface area contributed by atoms with Gasteiger partial charge in [-0.05, 0) is 83.0 Å². The minimum atomic E-state index is 0.961. The first kappa shape index (κ1) is 25.7. The molecule has 3 heterocycles. The maximum absolute atomic E-state index is 6.54. The maximum atomic E-state index is 6.54. The van der Waals surface area contributed by atoms with E-state index in [2.05, 4.69) is 155 Å². The van der Waals surface area contributed by atoms with E-state index in [4.69, 9.17) is 4.42 Å². The van der Waals surface area contributed by atoms with E-state index < -0.39 is 0 Å². The number of nitrogens with zero attached hydrogens (tertiary/aromatic N) is 2. The number of hydrogen-bond acceptors (Lipinski definition) is 1. The number of allylic oxidation sites excluding steroid dienone is 1. The predicted octanol–water partition coefficient (Wildman–Crippen LogP) is 12.4. The van der Waals surface area contributed by atoms with E-state index in [0.717, 1.165) is 29.9 Å². The van der Waals surface area contributed by atoms with Crippen LogP contribution in [0.5, 0.6) is 0 Å². The van der Waals surface area contributed by atoms with Crippen LogP contribution >= 0.6 is 0 Å². The average molecular weight is 625 g/mol. The van der Waals surface area contributed by atoms with Gasteiger partial charge in [-0.2, -0.15) is 0 Å². The van der Waals surface area contributed by atoms with Gasteiger partial charge >= 0.3 is 0 Å². The van der Waals surface area contributed by atoms with E-state index in [1.54, 1.807) is 0 Å². The van der Waals surface area contributed by atoms with Gasteiger partial charge in [0.25, 0.3) is 0 Å². The van der Waals surface area contributed by atoms with Crippen LogP contribution in [0.3, 0.4) is 0 Å². The van der Waals surface area contributed by atoms with Crippen LogP contribution in [-0.4, -0.2) is 9.13 Å². The highest BCUT2D eigenvalue weighted by Crippen LogP contribution is 2.51. The zero-order valence-corrected chi connectivity index (χ0v) is 26.6. The molecule has 3 aromatic heterocycles. The maximum Gasteiger partial charge on any atom is 0.135 e. The molecule has 228 valence electrons. The van der Waals surface area contributed by atoms with E-state index in [1.807, 2.05) is 0 Å². The van der Waals surface area contributed by atoms with Crippen LogP contribution in [0.4, 0.5) is 0 Å². The second kappa shape index (κ2) is 9.18. The fraction of sp³-hybridized carbons (Fsp3) is 0.0435. The molecular formula is C46H28N2O. The molecule has 0 atom stereocenters. The van der Waals surface area contributed by atoms with Gasteiger partial charge < -0.3 is 13.6 Å². The van der Waals surface area contributed by atoms with Crippen LogP contribution in [0.15, 0.2) is 144 Å². The van der Waals surface area contributed by atoms with Crippen LogP contribution < -0.4 is 0 Å². The van der Waals surface area contributed by atoms with Crippen molar-refractivity contribution < 1.29 is 4.42 Å². The first-order chi connectivity index (χ1) is 24.3. The summed E-state index contributed by atoms with van der Waals surface area (Å²) in [6.07, 6.45) is 6.41. The Morgan fingerprint density at radius 1 is 0.469 bits per heavy atom. The Morgan fingerprint density at radius 2 is 1.20 bits per heavy atom. The van der Waals surface area contributed by atoms with Gasteiger partial charge in [-0.25, -0.2) is 0 Å². The SMILES string of the molecule is C1=Cc2oc3ccc4c(c5ccc6c7ccccc7n(-c7ccccc7)c6c5n4-c4ccc5c6c(cccc46)-c4ccccc4-5)c3c2CC1. The lowest BCUT2D eigenvalue weighted by Crippen LogP contribution is -1.99. The standard InChI is InChI=1S/C46H28N2O/c1-2-11-27(12-3-1)47-37-19-8-6-15-30(37)33-21-22-36-43-39(25-26-41-44(43)35-16-7-9-20-40(35)49-41)48(46(36)45(33)47)38-24-23-32-29-14-5-4-13-28(29)31-17-10-18-34(38)42(31)32/h1-6,8-15,17-26H,7,16H2. The number of para-hydroxylation sites is 2. The Labute approximate surface area is 281 Å². The summed E-state index contributed by atoms with van der Waals surface area (Å²) < 4.78 is 11.6. The third-order valence-corrected chi connectivity index (χ3v) is 11.1. The summed E-state index contributed by atoms with van der Waals surface area (Å²) in [6.45, 7) is 0. The summed E-state index contributed by atoms with van der Waals surface area (Å²) in [6, 6.07) is 49.2. The van der Waals surface area contributed by atoms with E-state index in [1.165, 1.54) is 93.3 Å². The molecule has 0 fully saturated rings. The van der Waals surface area contributed by atoms with Crippen LogP contribution in [0.2, 0.25) is 0 Å². The summed E-state index contributed by atoms with van der Waals surface area (Å²) in [5.74, 6) is 0.997. The summed E-state index contributed by atoms with van der Waals surface area (Å²) in [5, 5.41) is 8.87. The Bertz CT molecular complexity index is 3060. The highest BCUT2D eigenvalue weighted by Gasteiger charge is 2.28. The highest BCUT2D eigenvalue weighted by molar-refractivity contribution is 6.29. The fourth-order valence-corrected chi connectivity index (χ4v) is 9.19. The molecule has 0 spiro atoms. The molecule has 10 aromatic rings. The molecule has 3 heteroatoms. The van der Waals surface area contributed by atoms with Gasteiger partial charge in [0.05, 0.1) is 27.8 Å². The lowest BCUT2D eigenvalue weighted by Gasteiger charge is -2.15. The molecule has 7 aromatic carbocycles. The monoisotopic (exact) mass is 624 g/mol. The quantitative estimate of drug-likeness (QED) is 0.188. The zero-order valence-electron chi connectivity index (χ0n) is 26.6. The van der Waals surface area contributed by atoms with Crippen LogP contribution in [-0.2, 0) is 6.42 Å². The van der Waals surface area contributed by atoms with Gasteiger partial charge in [0.2, 0.25) is 0 Å². The topological polar surface area (TPSA) is 23.0 Å². The summed E-state index contributed by atoms with van der Waals surface area (Å²) in [4.78, 5) is 0. The number of hydrogen-bond donors (Lipinski definition) is 0. The first-order valence-corrected chi connectivity index (χ1v) is 17.2. The summed E-state index contributed by atoms with van der Waals surface area (Å²) >= 11 is 0. The van der Waals surface area contributed by atoms with Crippen molar-refractivity contribution in [2.24, 2.45) is 0 Å². The molecule has 12 rings (SSSR count). The molecule has 0 saturated heterocycles. The van der Waals surface area contributed by atoms with Crippen molar-refractivity contribution in [3.8, 4) is 33.6 Å². The molecule has 0 N–H and O–H groups in total. The number of aromatic nitrogens is 2. The Morgan fingerprint density at radius 3 is 2.10 bits per heavy atom. The normalized spacial score (nSPS) is 13.5. The van der Waals surface area contributed by atoms with Gasteiger partial charge in [0.15, 0.2) is 0 Å². The van der Waals surface area contributed by atoms with Gasteiger partial charge in [-0.15, -0.1) is 0 Å². The van der Waals surface area contributed by atoms with Gasteiger partial charge in [-0.1, -0.05) is 103 Å². The van der Waals surface area contributed by atoms with Gasteiger partial charge in [0, 0.05) is 43.6 Å². The van der Waals surface area contributed by atoms with Crippen molar-refractivity contribution >= 4 is 71.4 Å². The van der Waals surface area contributed by atoms with Crippen molar-refractivity contribution in [2.45, 2.75) is 12.8 Å². The third kappa shape index (κ3) is 3.18.